The van der Waals surface area contributed by atoms with Gasteiger partial charge < -0.3 is 163 Å². The van der Waals surface area contributed by atoms with E-state index in [0.29, 0.717) is 31.2 Å². The second-order valence-corrected chi connectivity index (χ2v) is 36.9. The highest BCUT2D eigenvalue weighted by Gasteiger charge is 2.47. The quantitative estimate of drug-likeness (QED) is 0.0164. The van der Waals surface area contributed by atoms with Crippen LogP contribution in [-0.4, -0.2) is 381 Å². The van der Waals surface area contributed by atoms with Gasteiger partial charge in [-0.2, -0.15) is 0 Å². The molecule has 4 aliphatic heterocycles. The number of aliphatic hydroxyl groups excluding tert-OH is 2. The highest BCUT2D eigenvalue weighted by atomic mass is 16.4. The lowest BCUT2D eigenvalue weighted by atomic mass is 9.96. The van der Waals surface area contributed by atoms with Crippen molar-refractivity contribution in [1.29, 1.82) is 5.41 Å². The monoisotopic (exact) mass is 2080 g/mol. The summed E-state index contributed by atoms with van der Waals surface area (Å²) in [5.74, 6) is -29.3. The standard InChI is InChI=1S/C91H141N23O33/c1-7-46(4)72(110-84(140)65-20-12-36-112(65)87(143)51(93)40-49-21-23-50(117)24-22-49)85(141)104-56(15-8-9-33-92)88(144)113-37-13-18-63(113)82(138)102-53(26-30-68(121)122)74(130)99-48(6)86(142)111-35-11-17-62(111)81(137)97-42-66(118)100-52(25-29-67(119)120)75(131)107-59(41-71(127)128)78(134)98-47(5)73(129)109-61(44-116)89(145)114-38-14-19-64(114)83(139)103-55(28-32-70(125)126)76(132)101-54(27-31-69(123)124)77(133)106-58(39-45(2)3)79(135)108-60(43-115)80(136)105-57(90(146)147)16-10-34-96-91(94)95/h21-24,45-48,51-65,72,115-117H,7-20,25-44,92-93H2,1-6H3,(H,97,137)(H,98,134)(H,99,130)(H,100,118)(H,101,132)(H,102,138)(H,103,139)(H,104,141)(H,105,136)(H,106,133)(H,107,131)(H,108,135)(H,109,129)(H,110,140)(H,119,120)(H,121,122)(H,123,124)(H,125,126)(H,127,128)(H,146,147)(H4,94,95,96)/t46-,47-,48-,51-,52-,53-,54-,55-,56-,57-,58-,59-,60-,61-,62-,63-,64-,65-,72-/m0/s1. The summed E-state index contributed by atoms with van der Waals surface area (Å²) in [5.41, 5.74) is 18.1. The number of phenols is 1. The maximum Gasteiger partial charge on any atom is 0.326 e. The first-order valence-electron chi connectivity index (χ1n) is 48.6. The third-order valence-electron chi connectivity index (χ3n) is 25.0. The fourth-order valence-corrected chi connectivity index (χ4v) is 16.9. The summed E-state index contributed by atoms with van der Waals surface area (Å²) in [5, 5.41) is 131. The zero-order valence-corrected chi connectivity index (χ0v) is 82.7. The molecule has 56 heteroatoms. The predicted octanol–water partition coefficient (Wildman–Crippen LogP) is -8.83. The number of aromatic hydroxyl groups is 1. The normalized spacial score (nSPS) is 18.4. The fraction of sp³-hybridized carbons (Fsp3) is 0.659. The third-order valence-corrected chi connectivity index (χ3v) is 25.0. The number of aliphatic hydroxyl groups is 2. The summed E-state index contributed by atoms with van der Waals surface area (Å²) < 4.78 is 0. The van der Waals surface area contributed by atoms with E-state index in [4.69, 9.17) is 22.6 Å². The van der Waals surface area contributed by atoms with Gasteiger partial charge >= 0.3 is 35.8 Å². The molecule has 0 aliphatic carbocycles. The van der Waals surface area contributed by atoms with Crippen LogP contribution >= 0.6 is 0 Å². The molecule has 31 N–H and O–H groups in total. The summed E-state index contributed by atoms with van der Waals surface area (Å²) in [7, 11) is 0. The number of unbranched alkanes of at least 4 members (excludes halogenated alkanes) is 1. The van der Waals surface area contributed by atoms with Crippen molar-refractivity contribution in [3.63, 3.8) is 0 Å². The van der Waals surface area contributed by atoms with Crippen LogP contribution in [0.2, 0.25) is 0 Å². The van der Waals surface area contributed by atoms with E-state index in [1.165, 1.54) is 28.9 Å². The first-order valence-corrected chi connectivity index (χ1v) is 48.6. The lowest BCUT2D eigenvalue weighted by Gasteiger charge is -2.32. The molecule has 1 aromatic rings. The van der Waals surface area contributed by atoms with Crippen LogP contribution in [0, 0.1) is 17.2 Å². The van der Waals surface area contributed by atoms with Gasteiger partial charge in [0.05, 0.1) is 32.2 Å². The lowest BCUT2D eigenvalue weighted by molar-refractivity contribution is -0.144. The Morgan fingerprint density at radius 2 is 0.776 bits per heavy atom. The molecule has 0 aromatic heterocycles. The summed E-state index contributed by atoms with van der Waals surface area (Å²) >= 11 is 0. The van der Waals surface area contributed by atoms with Gasteiger partial charge in [0.1, 0.15) is 108 Å². The Hall–Kier alpha value is -14.6. The van der Waals surface area contributed by atoms with Crippen LogP contribution in [-0.2, 0) is 121 Å². The molecule has 4 saturated heterocycles. The van der Waals surface area contributed by atoms with Gasteiger partial charge in [-0.15, -0.1) is 0 Å². The number of aliphatic carboxylic acids is 6. The molecular formula is C91H141N23O33. The Morgan fingerprint density at radius 3 is 1.23 bits per heavy atom. The number of nitrogens with zero attached hydrogens (tertiary/aromatic N) is 4. The molecule has 4 fully saturated rings. The number of hydrogen-bond acceptors (Lipinski definition) is 30. The number of rotatable bonds is 63. The van der Waals surface area contributed by atoms with Gasteiger partial charge in [-0.25, -0.2) is 4.79 Å². The van der Waals surface area contributed by atoms with Crippen LogP contribution in [0.1, 0.15) is 201 Å². The molecule has 0 saturated carbocycles. The molecule has 0 spiro atoms. The van der Waals surface area contributed by atoms with Crippen molar-refractivity contribution < 1.29 is 161 Å². The Balaban J connectivity index is 1.20. The van der Waals surface area contributed by atoms with E-state index in [1.54, 1.807) is 39.8 Å². The molecule has 19 atom stereocenters. The molecular weight excluding hydrogens is 1940 g/mol. The van der Waals surface area contributed by atoms with Gasteiger partial charge in [0.15, 0.2) is 5.96 Å². The first kappa shape index (κ1) is 123. The second kappa shape index (κ2) is 61.0. The largest absolute Gasteiger partial charge is 0.508 e. The van der Waals surface area contributed by atoms with Crippen molar-refractivity contribution in [2.45, 2.75) is 311 Å². The highest BCUT2D eigenvalue weighted by molar-refractivity contribution is 6.03. The number of likely N-dealkylation sites (tertiary alicyclic amines) is 4. The van der Waals surface area contributed by atoms with E-state index in [2.05, 4.69) is 79.8 Å². The van der Waals surface area contributed by atoms with Gasteiger partial charge in [-0.05, 0) is 172 Å². The number of carboxylic acids is 6. The van der Waals surface area contributed by atoms with Crippen LogP contribution in [0.25, 0.3) is 0 Å². The summed E-state index contributed by atoms with van der Waals surface area (Å²) in [6, 6.07) is -22.4. The first-order chi connectivity index (χ1) is 69.3. The molecule has 4 aliphatic rings. The van der Waals surface area contributed by atoms with Crippen molar-refractivity contribution in [2.75, 3.05) is 59.0 Å². The maximum atomic E-state index is 14.8. The predicted molar refractivity (Wildman–Crippen MR) is 511 cm³/mol. The van der Waals surface area contributed by atoms with E-state index in [1.807, 2.05) is 0 Å². The summed E-state index contributed by atoms with van der Waals surface area (Å²) in [4.78, 5) is 329. The molecule has 818 valence electrons. The van der Waals surface area contributed by atoms with Gasteiger partial charge in [0, 0.05) is 58.4 Å². The molecule has 5 rings (SSSR count). The fourth-order valence-electron chi connectivity index (χ4n) is 16.9. The molecule has 4 heterocycles. The Kier molecular flexibility index (Phi) is 51.0. The number of phenolic OH excluding ortho intramolecular Hbond substituents is 1. The third kappa shape index (κ3) is 40.1. The van der Waals surface area contributed by atoms with Gasteiger partial charge in [-0.1, -0.05) is 46.2 Å². The van der Waals surface area contributed by atoms with Gasteiger partial charge in [0.25, 0.3) is 0 Å². The van der Waals surface area contributed by atoms with Crippen LogP contribution in [0.3, 0.4) is 0 Å². The maximum absolute atomic E-state index is 14.8. The van der Waals surface area contributed by atoms with Crippen LogP contribution in [0.5, 0.6) is 5.75 Å². The van der Waals surface area contributed by atoms with Crippen LogP contribution in [0.15, 0.2) is 24.3 Å². The van der Waals surface area contributed by atoms with Gasteiger partial charge in [0.2, 0.25) is 106 Å². The number of guanidine groups is 1. The van der Waals surface area contributed by atoms with Crippen molar-refractivity contribution in [2.24, 2.45) is 29.0 Å². The number of nitrogens with one attached hydrogen (secondary N) is 16. The average Bonchev–Trinajstić information content (AvgIpc) is 1.70. The van der Waals surface area contributed by atoms with Crippen molar-refractivity contribution in [3.05, 3.63) is 29.8 Å². The highest BCUT2D eigenvalue weighted by Crippen LogP contribution is 2.27. The minimum Gasteiger partial charge on any atom is -0.508 e. The molecule has 18 amide bonds. The van der Waals surface area contributed by atoms with Crippen LogP contribution in [0.4, 0.5) is 0 Å². The number of benzene rings is 1. The van der Waals surface area contributed by atoms with Crippen molar-refractivity contribution in [3.8, 4) is 5.75 Å². The van der Waals surface area contributed by atoms with Crippen molar-refractivity contribution >= 4 is 148 Å². The number of carbonyl (C=O) groups excluding carboxylic acids is 18. The van der Waals surface area contributed by atoms with E-state index >= 15 is 0 Å². The molecule has 0 bridgehead atoms. The van der Waals surface area contributed by atoms with Crippen molar-refractivity contribution in [1.82, 2.24) is 99.4 Å². The average molecular weight is 2090 g/mol. The summed E-state index contributed by atoms with van der Waals surface area (Å²) in [6.45, 7) is 5.70. The zero-order chi connectivity index (χ0) is 110. The molecule has 0 radical (unpaired) electrons. The minimum absolute atomic E-state index is 0.0134. The number of amides is 18. The Labute approximate surface area is 844 Å². The Bertz CT molecular complexity index is 4860. The summed E-state index contributed by atoms with van der Waals surface area (Å²) in [6.07, 6.45) is -5.30. The van der Waals surface area contributed by atoms with E-state index < -0.39 is 346 Å². The number of nitrogens with two attached hydrogens (primary N) is 3. The minimum atomic E-state index is -2.15. The van der Waals surface area contributed by atoms with Crippen LogP contribution < -0.4 is 97.0 Å². The number of carbonyl (C=O) groups is 24. The Morgan fingerprint density at radius 1 is 0.395 bits per heavy atom. The number of carboxylic acid groups (broad SMARTS) is 6. The molecule has 0 unspecified atom stereocenters. The second-order valence-electron chi connectivity index (χ2n) is 36.9. The smallest absolute Gasteiger partial charge is 0.326 e. The van der Waals surface area contributed by atoms with E-state index in [0.717, 1.165) is 16.7 Å². The molecule has 147 heavy (non-hydrogen) atoms. The topological polar surface area (TPSA) is 887 Å². The molecule has 1 aromatic carbocycles. The number of hydrogen-bond donors (Lipinski definition) is 28. The lowest BCUT2D eigenvalue weighted by Crippen LogP contribution is -2.61. The van der Waals surface area contributed by atoms with Gasteiger partial charge in [-0.3, -0.25) is 116 Å². The SMILES string of the molecule is CC[C@H](C)[C@H](NC(=O)[C@@H]1CCCN1C(=O)[C@@H](N)Cc1ccc(O)cc1)C(=O)N[C@@H](CCCCN)C(=O)N1CCC[C@H]1C(=O)N[C@@H](CCC(=O)O)C(=O)N[C@@H](C)C(=O)N1CCC[C@H]1C(=O)NCC(=O)N[C@@H](CCC(=O)O)C(=O)N[C@@H](CC(=O)O)C(=O)N[C@@H](C)C(=O)N[C@@H](CO)C(=O)N1CCC[C@H]1C(=O)N[C@@H](CCC(=O)O)C(=O)N[C@@H](CCC(=O)O)C(=O)N[C@@H](CC(C)C)C(=O)N[C@@H](CO)C(=O)N[C@@H](CCCNC(=N)N)C(=O)O. The van der Waals surface area contributed by atoms with E-state index in [9.17, 15) is 161 Å². The van der Waals surface area contributed by atoms with E-state index in [-0.39, 0.29) is 122 Å². The molecule has 56 nitrogen and oxygen atoms in total. The zero-order valence-electron chi connectivity index (χ0n) is 82.7.